The lowest BCUT2D eigenvalue weighted by molar-refractivity contribution is -0.131. The Morgan fingerprint density at radius 1 is 1.31 bits per heavy atom. The Hall–Kier alpha value is -2.25. The van der Waals surface area contributed by atoms with Crippen LogP contribution in [0.25, 0.3) is 11.3 Å². The number of benzene rings is 1. The van der Waals surface area contributed by atoms with Crippen molar-refractivity contribution in [3.8, 4) is 17.0 Å². The van der Waals surface area contributed by atoms with Crippen LogP contribution < -0.4 is 10.1 Å². The molecule has 2 aliphatic rings. The molecule has 2 atom stereocenters. The van der Waals surface area contributed by atoms with Crippen molar-refractivity contribution >= 4 is 18.3 Å². The lowest BCUT2D eigenvalue weighted by Crippen LogP contribution is -2.47. The maximum atomic E-state index is 14.5. The van der Waals surface area contributed by atoms with Crippen LogP contribution >= 0.6 is 12.4 Å². The van der Waals surface area contributed by atoms with E-state index in [-0.39, 0.29) is 30.2 Å². The van der Waals surface area contributed by atoms with Gasteiger partial charge in [0.05, 0.1) is 18.3 Å². The molecule has 0 aliphatic carbocycles. The van der Waals surface area contributed by atoms with Crippen LogP contribution in [0.4, 0.5) is 4.39 Å². The number of nitrogens with one attached hydrogen (secondary N) is 1. The van der Waals surface area contributed by atoms with Gasteiger partial charge in [0.2, 0.25) is 5.91 Å². The summed E-state index contributed by atoms with van der Waals surface area (Å²) >= 11 is 0. The van der Waals surface area contributed by atoms with Gasteiger partial charge in [0, 0.05) is 24.8 Å². The average molecular weight is 421 g/mol. The minimum Gasteiger partial charge on any atom is -0.494 e. The Labute approximate surface area is 176 Å². The Morgan fingerprint density at radius 2 is 2.10 bits per heavy atom. The normalized spacial score (nSPS) is 23.5. The maximum absolute atomic E-state index is 14.5. The van der Waals surface area contributed by atoms with E-state index in [1.54, 1.807) is 23.1 Å². The van der Waals surface area contributed by atoms with Crippen molar-refractivity contribution < 1.29 is 13.9 Å². The van der Waals surface area contributed by atoms with E-state index in [9.17, 15) is 9.18 Å². The molecule has 29 heavy (non-hydrogen) atoms. The van der Waals surface area contributed by atoms with Crippen molar-refractivity contribution in [2.45, 2.75) is 44.7 Å². The van der Waals surface area contributed by atoms with Crippen molar-refractivity contribution in [1.29, 1.82) is 0 Å². The molecule has 6 nitrogen and oxygen atoms in total. The summed E-state index contributed by atoms with van der Waals surface area (Å²) in [5.74, 6) is 0.999. The van der Waals surface area contributed by atoms with Gasteiger partial charge < -0.3 is 9.64 Å². The molecule has 0 radical (unpaired) electrons. The summed E-state index contributed by atoms with van der Waals surface area (Å²) in [4.78, 5) is 23.6. The highest BCUT2D eigenvalue weighted by Crippen LogP contribution is 2.38. The van der Waals surface area contributed by atoms with E-state index in [4.69, 9.17) is 4.74 Å². The number of nitrogens with zero attached hydrogens (tertiary/aromatic N) is 3. The predicted molar refractivity (Wildman–Crippen MR) is 111 cm³/mol. The summed E-state index contributed by atoms with van der Waals surface area (Å²) in [5.41, 5.74) is 1.17. The van der Waals surface area contributed by atoms with E-state index < -0.39 is 5.54 Å². The Bertz CT molecular complexity index is 926. The molecule has 2 aromatic rings. The smallest absolute Gasteiger partial charge is 0.242 e. The zero-order valence-corrected chi connectivity index (χ0v) is 17.7. The van der Waals surface area contributed by atoms with E-state index in [0.29, 0.717) is 29.4 Å². The molecule has 0 unspecified atom stereocenters. The summed E-state index contributed by atoms with van der Waals surface area (Å²) < 4.78 is 20.0. The fourth-order valence-corrected chi connectivity index (χ4v) is 4.20. The quantitative estimate of drug-likeness (QED) is 0.820. The third-order valence-corrected chi connectivity index (χ3v) is 5.65. The maximum Gasteiger partial charge on any atom is 0.242 e. The van der Waals surface area contributed by atoms with Crippen LogP contribution in [-0.4, -0.2) is 46.5 Å². The molecule has 1 N–H and O–H groups in total. The van der Waals surface area contributed by atoms with Crippen LogP contribution in [0.3, 0.4) is 0 Å². The number of likely N-dealkylation sites (tertiary alicyclic amines) is 1. The van der Waals surface area contributed by atoms with Crippen molar-refractivity contribution in [3.05, 3.63) is 41.6 Å². The van der Waals surface area contributed by atoms with Crippen LogP contribution in [0.5, 0.6) is 5.75 Å². The predicted octanol–water partition coefficient (Wildman–Crippen LogP) is 3.44. The number of ether oxygens (including phenoxy) is 1. The van der Waals surface area contributed by atoms with Gasteiger partial charge in [-0.05, 0) is 57.4 Å². The molecule has 0 saturated carbocycles. The molecule has 156 valence electrons. The zero-order chi connectivity index (χ0) is 19.9. The van der Waals surface area contributed by atoms with Crippen molar-refractivity contribution in [1.82, 2.24) is 20.2 Å². The van der Waals surface area contributed by atoms with Gasteiger partial charge in [0.25, 0.3) is 0 Å². The number of amides is 1. The van der Waals surface area contributed by atoms with Crippen LogP contribution in [0.1, 0.15) is 43.7 Å². The molecule has 0 bridgehead atoms. The first-order chi connectivity index (χ1) is 13.4. The number of hydrogen-bond acceptors (Lipinski definition) is 5. The van der Waals surface area contributed by atoms with Gasteiger partial charge in [-0.15, -0.1) is 12.4 Å². The fourth-order valence-electron chi connectivity index (χ4n) is 4.20. The summed E-state index contributed by atoms with van der Waals surface area (Å²) in [6.07, 6.45) is 2.34. The molecule has 1 aromatic heterocycles. The molecule has 1 spiro atoms. The third-order valence-electron chi connectivity index (χ3n) is 5.65. The van der Waals surface area contributed by atoms with Gasteiger partial charge in [-0.25, -0.2) is 14.4 Å². The van der Waals surface area contributed by atoms with Crippen molar-refractivity contribution in [2.24, 2.45) is 0 Å². The van der Waals surface area contributed by atoms with Crippen LogP contribution in [0.15, 0.2) is 24.3 Å². The molecule has 2 saturated heterocycles. The molecule has 2 fully saturated rings. The lowest BCUT2D eigenvalue weighted by Gasteiger charge is -2.23. The first-order valence-corrected chi connectivity index (χ1v) is 9.73. The number of carbonyl (C=O) groups excluding carboxylic acids is 1. The standard InChI is InChI=1S/C21H25FN4O2.ClH/c1-4-28-14-5-6-16(22)15(12-14)18-11-13(2)23-19(24-18)17-7-8-21(25-17)9-10-26(3)20(21)27;/h5-6,11-12,17,25H,4,7-10H2,1-3H3;1H/t17-,21+;/m0./s1. The average Bonchev–Trinajstić information content (AvgIpc) is 3.23. The second kappa shape index (κ2) is 8.24. The molecule has 4 rings (SSSR count). The molecule has 3 heterocycles. The summed E-state index contributed by atoms with van der Waals surface area (Å²) in [6, 6.07) is 6.34. The van der Waals surface area contributed by atoms with E-state index in [1.807, 2.05) is 20.9 Å². The van der Waals surface area contributed by atoms with E-state index in [2.05, 4.69) is 15.3 Å². The van der Waals surface area contributed by atoms with Gasteiger partial charge in [-0.1, -0.05) is 0 Å². The topological polar surface area (TPSA) is 67.3 Å². The highest BCUT2D eigenvalue weighted by Gasteiger charge is 2.50. The van der Waals surface area contributed by atoms with Gasteiger partial charge in [-0.3, -0.25) is 10.1 Å². The lowest BCUT2D eigenvalue weighted by atomic mass is 9.96. The molecule has 8 heteroatoms. The van der Waals surface area contributed by atoms with Gasteiger partial charge in [0.15, 0.2) is 0 Å². The summed E-state index contributed by atoms with van der Waals surface area (Å²) in [7, 11) is 1.83. The van der Waals surface area contributed by atoms with E-state index in [1.165, 1.54) is 6.07 Å². The number of likely N-dealkylation sites (N-methyl/N-ethyl adjacent to an activating group) is 1. The number of aryl methyl sites for hydroxylation is 1. The zero-order valence-electron chi connectivity index (χ0n) is 16.9. The largest absolute Gasteiger partial charge is 0.494 e. The van der Waals surface area contributed by atoms with Gasteiger partial charge in [-0.2, -0.15) is 0 Å². The number of rotatable bonds is 4. The first kappa shape index (κ1) is 21.5. The fraction of sp³-hybridized carbons (Fsp3) is 0.476. The number of hydrogen-bond donors (Lipinski definition) is 1. The van der Waals surface area contributed by atoms with Crippen molar-refractivity contribution in [2.75, 3.05) is 20.2 Å². The minimum absolute atomic E-state index is 0. The molecular weight excluding hydrogens is 395 g/mol. The number of carbonyl (C=O) groups is 1. The van der Waals surface area contributed by atoms with Crippen LogP contribution in [0.2, 0.25) is 0 Å². The summed E-state index contributed by atoms with van der Waals surface area (Å²) in [5, 5.41) is 3.48. The third kappa shape index (κ3) is 3.94. The molecule has 1 amide bonds. The highest BCUT2D eigenvalue weighted by molar-refractivity contribution is 5.88. The second-order valence-corrected chi connectivity index (χ2v) is 7.62. The Balaban J connectivity index is 0.00000240. The Kier molecular flexibility index (Phi) is 6.10. The molecular formula is C21H26ClFN4O2. The van der Waals surface area contributed by atoms with E-state index in [0.717, 1.165) is 31.5 Å². The van der Waals surface area contributed by atoms with Crippen LogP contribution in [0, 0.1) is 12.7 Å². The molecule has 2 aliphatic heterocycles. The number of aromatic nitrogens is 2. The van der Waals surface area contributed by atoms with Crippen molar-refractivity contribution in [3.63, 3.8) is 0 Å². The first-order valence-electron chi connectivity index (χ1n) is 9.73. The Morgan fingerprint density at radius 3 is 2.79 bits per heavy atom. The number of halogens is 2. The second-order valence-electron chi connectivity index (χ2n) is 7.62. The SMILES string of the molecule is CCOc1ccc(F)c(-c2cc(C)nc([C@@H]3CC[C@]4(CCN(C)C4=O)N3)n2)c1.Cl. The summed E-state index contributed by atoms with van der Waals surface area (Å²) in [6.45, 7) is 5.03. The van der Waals surface area contributed by atoms with E-state index >= 15 is 0 Å². The van der Waals surface area contributed by atoms with Gasteiger partial charge in [0.1, 0.15) is 22.9 Å². The monoisotopic (exact) mass is 420 g/mol. The van der Waals surface area contributed by atoms with Crippen LogP contribution in [-0.2, 0) is 4.79 Å². The highest BCUT2D eigenvalue weighted by atomic mass is 35.5. The van der Waals surface area contributed by atoms with Gasteiger partial charge >= 0.3 is 0 Å². The molecule has 1 aromatic carbocycles. The minimum atomic E-state index is -0.507.